The number of aliphatic imine (C=N–C) groups is 1. The molecule has 1 aliphatic heterocycles. The van der Waals surface area contributed by atoms with Gasteiger partial charge in [-0.2, -0.15) is 13.2 Å². The van der Waals surface area contributed by atoms with Crippen LogP contribution in [0.25, 0.3) is 0 Å². The van der Waals surface area contributed by atoms with Crippen molar-refractivity contribution in [2.75, 3.05) is 44.7 Å². The fourth-order valence-corrected chi connectivity index (χ4v) is 3.80. The Morgan fingerprint density at radius 1 is 1.15 bits per heavy atom. The first-order valence-corrected chi connectivity index (χ1v) is 10.1. The molecule has 0 aliphatic carbocycles. The first kappa shape index (κ1) is 20.5. The molecule has 0 spiro atoms. The number of benzene rings is 1. The number of rotatable bonds is 5. The van der Waals surface area contributed by atoms with Crippen LogP contribution in [0.1, 0.15) is 11.1 Å². The Labute approximate surface area is 151 Å². The molecule has 1 aromatic carbocycles. The van der Waals surface area contributed by atoms with Gasteiger partial charge in [-0.25, -0.2) is 8.42 Å². The maximum atomic E-state index is 12.5. The molecule has 0 atom stereocenters. The molecular formula is C16H23F3N4O2S. The van der Waals surface area contributed by atoms with E-state index in [-0.39, 0.29) is 11.5 Å². The predicted octanol–water partition coefficient (Wildman–Crippen LogP) is 1.10. The van der Waals surface area contributed by atoms with Crippen LogP contribution in [0.4, 0.5) is 13.2 Å². The highest BCUT2D eigenvalue weighted by molar-refractivity contribution is 7.91. The van der Waals surface area contributed by atoms with E-state index in [1.807, 2.05) is 0 Å². The highest BCUT2D eigenvalue weighted by atomic mass is 32.2. The van der Waals surface area contributed by atoms with Crippen molar-refractivity contribution in [1.82, 2.24) is 15.5 Å². The fourth-order valence-electron chi connectivity index (χ4n) is 2.52. The lowest BCUT2D eigenvalue weighted by Gasteiger charge is -2.26. The Kier molecular flexibility index (Phi) is 6.87. The maximum absolute atomic E-state index is 12.5. The molecule has 26 heavy (non-hydrogen) atoms. The van der Waals surface area contributed by atoms with Gasteiger partial charge in [0.25, 0.3) is 0 Å². The van der Waals surface area contributed by atoms with Crippen LogP contribution in [0.15, 0.2) is 29.3 Å². The summed E-state index contributed by atoms with van der Waals surface area (Å²) >= 11 is 0. The summed E-state index contributed by atoms with van der Waals surface area (Å²) in [5.41, 5.74) is 0.0366. The van der Waals surface area contributed by atoms with Crippen LogP contribution >= 0.6 is 0 Å². The van der Waals surface area contributed by atoms with Crippen LogP contribution in [0.2, 0.25) is 0 Å². The van der Waals surface area contributed by atoms with Crippen molar-refractivity contribution in [2.24, 2.45) is 4.99 Å². The van der Waals surface area contributed by atoms with E-state index in [4.69, 9.17) is 0 Å². The fraction of sp³-hybridized carbons (Fsp3) is 0.562. The van der Waals surface area contributed by atoms with E-state index in [2.05, 4.69) is 20.5 Å². The first-order valence-electron chi connectivity index (χ1n) is 8.23. The van der Waals surface area contributed by atoms with E-state index in [0.717, 1.165) is 12.1 Å². The summed E-state index contributed by atoms with van der Waals surface area (Å²) in [4.78, 5) is 6.13. The van der Waals surface area contributed by atoms with Crippen molar-refractivity contribution in [3.05, 3.63) is 35.4 Å². The molecule has 0 amide bonds. The SMILES string of the molecule is CN=C(NCCN1CCS(=O)(=O)CC1)NCc1ccc(C(F)(F)F)cc1. The second-order valence-electron chi connectivity index (χ2n) is 6.04. The van der Waals surface area contributed by atoms with Gasteiger partial charge in [0.15, 0.2) is 15.8 Å². The summed E-state index contributed by atoms with van der Waals surface area (Å²) in [6.07, 6.45) is -4.34. The van der Waals surface area contributed by atoms with Crippen LogP contribution in [0, 0.1) is 0 Å². The lowest BCUT2D eigenvalue weighted by atomic mass is 10.1. The number of nitrogens with one attached hydrogen (secondary N) is 2. The Morgan fingerprint density at radius 2 is 1.77 bits per heavy atom. The minimum atomic E-state index is -4.34. The van der Waals surface area contributed by atoms with Crippen LogP contribution in [-0.4, -0.2) is 64.0 Å². The van der Waals surface area contributed by atoms with Gasteiger partial charge < -0.3 is 10.6 Å². The van der Waals surface area contributed by atoms with E-state index < -0.39 is 21.6 Å². The molecule has 1 saturated heterocycles. The molecule has 2 N–H and O–H groups in total. The third kappa shape index (κ3) is 6.49. The summed E-state index contributed by atoms with van der Waals surface area (Å²) < 4.78 is 60.4. The van der Waals surface area contributed by atoms with Crippen molar-refractivity contribution < 1.29 is 21.6 Å². The molecule has 1 aliphatic rings. The van der Waals surface area contributed by atoms with E-state index in [9.17, 15) is 21.6 Å². The second-order valence-corrected chi connectivity index (χ2v) is 8.34. The zero-order valence-corrected chi connectivity index (χ0v) is 15.3. The number of nitrogens with zero attached hydrogens (tertiary/aromatic N) is 2. The molecule has 0 saturated carbocycles. The third-order valence-electron chi connectivity index (χ3n) is 4.12. The zero-order valence-electron chi connectivity index (χ0n) is 14.5. The highest BCUT2D eigenvalue weighted by Gasteiger charge is 2.29. The van der Waals surface area contributed by atoms with E-state index in [1.165, 1.54) is 12.1 Å². The van der Waals surface area contributed by atoms with Crippen molar-refractivity contribution in [1.29, 1.82) is 0 Å². The van der Waals surface area contributed by atoms with Gasteiger partial charge in [-0.15, -0.1) is 0 Å². The quantitative estimate of drug-likeness (QED) is 0.580. The zero-order chi connectivity index (χ0) is 19.2. The van der Waals surface area contributed by atoms with Gasteiger partial charge in [-0.1, -0.05) is 12.1 Å². The summed E-state index contributed by atoms with van der Waals surface area (Å²) in [7, 11) is -1.28. The van der Waals surface area contributed by atoms with Gasteiger partial charge in [0, 0.05) is 39.8 Å². The minimum Gasteiger partial charge on any atom is -0.355 e. The topological polar surface area (TPSA) is 73.8 Å². The number of halogens is 3. The maximum Gasteiger partial charge on any atom is 0.416 e. The van der Waals surface area contributed by atoms with Crippen LogP contribution in [0.5, 0.6) is 0 Å². The molecule has 1 heterocycles. The van der Waals surface area contributed by atoms with Crippen molar-refractivity contribution in [3.8, 4) is 0 Å². The van der Waals surface area contributed by atoms with Gasteiger partial charge in [-0.3, -0.25) is 9.89 Å². The van der Waals surface area contributed by atoms with Crippen LogP contribution < -0.4 is 10.6 Å². The Hall–Kier alpha value is -1.81. The van der Waals surface area contributed by atoms with Crippen molar-refractivity contribution >= 4 is 15.8 Å². The van der Waals surface area contributed by atoms with Gasteiger partial charge in [0.05, 0.1) is 17.1 Å². The van der Waals surface area contributed by atoms with Crippen molar-refractivity contribution in [2.45, 2.75) is 12.7 Å². The summed E-state index contributed by atoms with van der Waals surface area (Å²) in [6.45, 7) is 2.69. The van der Waals surface area contributed by atoms with Gasteiger partial charge in [-0.05, 0) is 17.7 Å². The van der Waals surface area contributed by atoms with Gasteiger partial charge >= 0.3 is 6.18 Å². The summed E-state index contributed by atoms with van der Waals surface area (Å²) in [5, 5.41) is 6.15. The molecule has 0 radical (unpaired) electrons. The average molecular weight is 392 g/mol. The molecular weight excluding hydrogens is 369 g/mol. The lowest BCUT2D eigenvalue weighted by Crippen LogP contribution is -2.45. The number of hydrogen-bond acceptors (Lipinski definition) is 4. The van der Waals surface area contributed by atoms with E-state index in [1.54, 1.807) is 7.05 Å². The Morgan fingerprint density at radius 3 is 2.31 bits per heavy atom. The monoisotopic (exact) mass is 392 g/mol. The van der Waals surface area contributed by atoms with Gasteiger partial charge in [0.1, 0.15) is 0 Å². The molecule has 1 fully saturated rings. The number of sulfone groups is 1. The molecule has 6 nitrogen and oxygen atoms in total. The Bertz CT molecular complexity index is 704. The molecule has 2 rings (SSSR count). The standard InChI is InChI=1S/C16H23F3N4O2S/c1-20-15(21-6-7-23-8-10-26(24,25)11-9-23)22-12-13-2-4-14(5-3-13)16(17,18)19/h2-5H,6-12H2,1H3,(H2,20,21,22). The van der Waals surface area contributed by atoms with E-state index >= 15 is 0 Å². The summed E-state index contributed by atoms with van der Waals surface area (Å²) in [6, 6.07) is 4.96. The van der Waals surface area contributed by atoms with Crippen molar-refractivity contribution in [3.63, 3.8) is 0 Å². The number of alkyl halides is 3. The molecule has 146 valence electrons. The normalized spacial score (nSPS) is 18.5. The average Bonchev–Trinajstić information content (AvgIpc) is 2.59. The van der Waals surface area contributed by atoms with Crippen LogP contribution in [0.3, 0.4) is 0 Å². The number of hydrogen-bond donors (Lipinski definition) is 2. The molecule has 10 heteroatoms. The molecule has 0 unspecified atom stereocenters. The third-order valence-corrected chi connectivity index (χ3v) is 5.73. The largest absolute Gasteiger partial charge is 0.416 e. The molecule has 0 bridgehead atoms. The van der Waals surface area contributed by atoms with Crippen LogP contribution in [-0.2, 0) is 22.6 Å². The predicted molar refractivity (Wildman–Crippen MR) is 94.7 cm³/mol. The highest BCUT2D eigenvalue weighted by Crippen LogP contribution is 2.28. The lowest BCUT2D eigenvalue weighted by molar-refractivity contribution is -0.137. The first-order chi connectivity index (χ1) is 12.2. The molecule has 1 aromatic rings. The smallest absolute Gasteiger partial charge is 0.355 e. The number of guanidine groups is 1. The minimum absolute atomic E-state index is 0.188. The second kappa shape index (κ2) is 8.72. The molecule has 0 aromatic heterocycles. The van der Waals surface area contributed by atoms with Gasteiger partial charge in [0.2, 0.25) is 0 Å². The van der Waals surface area contributed by atoms with E-state index in [0.29, 0.717) is 44.2 Å². The summed E-state index contributed by atoms with van der Waals surface area (Å²) in [5.74, 6) is 0.913. The Balaban J connectivity index is 1.73.